The molecule has 12 heteroatoms. The standard InChI is InChI=1S/C22H15F7N2O3/c23-15-4-7-17(19(24)9-15)18(11-31(32)33)22(28,29)20-8-3-14(10-30-20)13-1-5-16(6-2-13)34-12-21(25,26)27/h1-10,18H,11-12H2. The van der Waals surface area contributed by atoms with E-state index in [-0.39, 0.29) is 5.75 Å². The summed E-state index contributed by atoms with van der Waals surface area (Å²) in [6.07, 6.45) is -3.47. The van der Waals surface area contributed by atoms with Gasteiger partial charge in [0.05, 0.1) is 0 Å². The Kier molecular flexibility index (Phi) is 7.08. The zero-order valence-electron chi connectivity index (χ0n) is 17.0. The molecular weight excluding hydrogens is 473 g/mol. The first-order valence-corrected chi connectivity index (χ1v) is 9.58. The van der Waals surface area contributed by atoms with E-state index in [2.05, 4.69) is 9.72 Å². The molecule has 3 aromatic rings. The highest BCUT2D eigenvalue weighted by Gasteiger charge is 2.47. The number of aromatic nitrogens is 1. The molecule has 0 radical (unpaired) electrons. The van der Waals surface area contributed by atoms with Crippen molar-refractivity contribution in [1.29, 1.82) is 0 Å². The molecule has 0 aliphatic heterocycles. The van der Waals surface area contributed by atoms with Crippen molar-refractivity contribution in [1.82, 2.24) is 4.98 Å². The first kappa shape index (κ1) is 24.9. The Morgan fingerprint density at radius 2 is 1.59 bits per heavy atom. The average molecular weight is 488 g/mol. The molecule has 1 unspecified atom stereocenters. The maximum absolute atomic E-state index is 15.2. The van der Waals surface area contributed by atoms with Gasteiger partial charge in [0, 0.05) is 28.3 Å². The summed E-state index contributed by atoms with van der Waals surface area (Å²) in [7, 11) is 0. The van der Waals surface area contributed by atoms with Crippen molar-refractivity contribution in [3.8, 4) is 16.9 Å². The molecule has 180 valence electrons. The Morgan fingerprint density at radius 3 is 2.12 bits per heavy atom. The van der Waals surface area contributed by atoms with Crippen molar-refractivity contribution in [2.75, 3.05) is 13.2 Å². The lowest BCUT2D eigenvalue weighted by atomic mass is 9.89. The van der Waals surface area contributed by atoms with Crippen LogP contribution in [-0.2, 0) is 5.92 Å². The molecule has 2 aromatic carbocycles. The minimum absolute atomic E-state index is 0.0545. The SMILES string of the molecule is O=[N+]([O-])CC(c1ccc(F)cc1F)C(F)(F)c1ccc(-c2ccc(OCC(F)(F)F)cc2)cn1. The molecular formula is C22H15F7N2O3. The largest absolute Gasteiger partial charge is 0.484 e. The maximum Gasteiger partial charge on any atom is 0.422 e. The van der Waals surface area contributed by atoms with Crippen molar-refractivity contribution in [2.24, 2.45) is 0 Å². The molecule has 1 atom stereocenters. The van der Waals surface area contributed by atoms with Gasteiger partial charge in [0.1, 0.15) is 29.0 Å². The number of rotatable bonds is 8. The molecule has 0 saturated carbocycles. The highest BCUT2D eigenvalue weighted by atomic mass is 19.4. The van der Waals surface area contributed by atoms with Crippen LogP contribution in [0.25, 0.3) is 11.1 Å². The van der Waals surface area contributed by atoms with E-state index < -0.39 is 59.0 Å². The normalized spacial score (nSPS) is 12.9. The van der Waals surface area contributed by atoms with Crippen LogP contribution in [0.2, 0.25) is 0 Å². The van der Waals surface area contributed by atoms with Crippen LogP contribution in [0.15, 0.2) is 60.8 Å². The number of alkyl halides is 5. The molecule has 0 bridgehead atoms. The minimum atomic E-state index is -4.51. The minimum Gasteiger partial charge on any atom is -0.484 e. The van der Waals surface area contributed by atoms with Gasteiger partial charge in [0.15, 0.2) is 6.61 Å². The van der Waals surface area contributed by atoms with E-state index in [0.29, 0.717) is 17.2 Å². The summed E-state index contributed by atoms with van der Waals surface area (Å²) >= 11 is 0. The van der Waals surface area contributed by atoms with E-state index in [1.54, 1.807) is 0 Å². The van der Waals surface area contributed by atoms with Crippen molar-refractivity contribution >= 4 is 0 Å². The van der Waals surface area contributed by atoms with Crippen LogP contribution >= 0.6 is 0 Å². The number of hydrogen-bond acceptors (Lipinski definition) is 4. The van der Waals surface area contributed by atoms with Crippen LogP contribution in [0.3, 0.4) is 0 Å². The van der Waals surface area contributed by atoms with E-state index in [0.717, 1.165) is 24.4 Å². The Labute approximate surface area is 188 Å². The smallest absolute Gasteiger partial charge is 0.422 e. The molecule has 1 heterocycles. The quantitative estimate of drug-likeness (QED) is 0.218. The molecule has 5 nitrogen and oxygen atoms in total. The third-order valence-corrected chi connectivity index (χ3v) is 4.80. The van der Waals surface area contributed by atoms with Crippen LogP contribution in [-0.4, -0.2) is 29.2 Å². The number of halogens is 7. The first-order valence-electron chi connectivity index (χ1n) is 9.58. The van der Waals surface area contributed by atoms with Crippen LogP contribution in [0.1, 0.15) is 17.2 Å². The second-order valence-electron chi connectivity index (χ2n) is 7.22. The second kappa shape index (κ2) is 9.65. The number of nitrogens with zero attached hydrogens (tertiary/aromatic N) is 2. The first-order chi connectivity index (χ1) is 15.9. The van der Waals surface area contributed by atoms with Crippen LogP contribution in [0.5, 0.6) is 5.75 Å². The third-order valence-electron chi connectivity index (χ3n) is 4.80. The molecule has 34 heavy (non-hydrogen) atoms. The van der Waals surface area contributed by atoms with Crippen molar-refractivity contribution in [3.63, 3.8) is 0 Å². The molecule has 3 rings (SSSR count). The van der Waals surface area contributed by atoms with Gasteiger partial charge in [-0.1, -0.05) is 24.3 Å². The summed E-state index contributed by atoms with van der Waals surface area (Å²) in [5, 5.41) is 11.0. The maximum atomic E-state index is 15.2. The summed E-state index contributed by atoms with van der Waals surface area (Å²) in [6, 6.07) is 9.24. The van der Waals surface area contributed by atoms with Gasteiger partial charge in [-0.3, -0.25) is 15.1 Å². The Morgan fingerprint density at radius 1 is 0.941 bits per heavy atom. The Hall–Kier alpha value is -3.70. The fourth-order valence-electron chi connectivity index (χ4n) is 3.19. The van der Waals surface area contributed by atoms with Crippen molar-refractivity contribution in [3.05, 3.63) is 93.8 Å². The molecule has 0 aliphatic rings. The number of pyridine rings is 1. The van der Waals surface area contributed by atoms with Gasteiger partial charge in [-0.25, -0.2) is 8.78 Å². The summed E-state index contributed by atoms with van der Waals surface area (Å²) in [5.74, 6) is -8.68. The Balaban J connectivity index is 1.85. The van der Waals surface area contributed by atoms with E-state index in [9.17, 15) is 32.1 Å². The van der Waals surface area contributed by atoms with Gasteiger partial charge in [-0.2, -0.15) is 22.0 Å². The molecule has 0 aliphatic carbocycles. The fourth-order valence-corrected chi connectivity index (χ4v) is 3.19. The number of ether oxygens (including phenoxy) is 1. The Bertz CT molecular complexity index is 1150. The second-order valence-corrected chi connectivity index (χ2v) is 7.22. The number of hydrogen-bond donors (Lipinski definition) is 0. The molecule has 1 aromatic heterocycles. The number of benzene rings is 2. The summed E-state index contributed by atoms with van der Waals surface area (Å²) in [5.41, 5.74) is -0.866. The predicted molar refractivity (Wildman–Crippen MR) is 106 cm³/mol. The highest BCUT2D eigenvalue weighted by Crippen LogP contribution is 2.42. The third kappa shape index (κ3) is 6.00. The average Bonchev–Trinajstić information content (AvgIpc) is 2.76. The topological polar surface area (TPSA) is 65.3 Å². The molecule has 0 amide bonds. The molecule has 0 saturated heterocycles. The lowest BCUT2D eigenvalue weighted by Gasteiger charge is -2.24. The highest BCUT2D eigenvalue weighted by molar-refractivity contribution is 5.63. The fraction of sp³-hybridized carbons (Fsp3) is 0.227. The lowest BCUT2D eigenvalue weighted by molar-refractivity contribution is -0.488. The molecule has 0 fully saturated rings. The zero-order chi connectivity index (χ0) is 25.1. The van der Waals surface area contributed by atoms with Gasteiger partial charge >= 0.3 is 12.1 Å². The summed E-state index contributed by atoms with van der Waals surface area (Å²) in [4.78, 5) is 13.6. The predicted octanol–water partition coefficient (Wildman–Crippen LogP) is 6.12. The van der Waals surface area contributed by atoms with E-state index >= 15 is 8.78 Å². The zero-order valence-corrected chi connectivity index (χ0v) is 17.0. The van der Waals surface area contributed by atoms with E-state index in [4.69, 9.17) is 0 Å². The van der Waals surface area contributed by atoms with Gasteiger partial charge in [-0.05, 0) is 29.8 Å². The van der Waals surface area contributed by atoms with Gasteiger partial charge in [0.2, 0.25) is 6.54 Å². The van der Waals surface area contributed by atoms with Crippen LogP contribution in [0, 0.1) is 21.7 Å². The van der Waals surface area contributed by atoms with Gasteiger partial charge in [0.25, 0.3) is 0 Å². The van der Waals surface area contributed by atoms with E-state index in [1.165, 1.54) is 30.3 Å². The summed E-state index contributed by atoms with van der Waals surface area (Å²) < 4.78 is 99.0. The number of nitro groups is 1. The van der Waals surface area contributed by atoms with Gasteiger partial charge in [-0.15, -0.1) is 0 Å². The van der Waals surface area contributed by atoms with Crippen LogP contribution < -0.4 is 4.74 Å². The van der Waals surface area contributed by atoms with Crippen molar-refractivity contribution < 1.29 is 40.4 Å². The van der Waals surface area contributed by atoms with Gasteiger partial charge < -0.3 is 4.74 Å². The summed E-state index contributed by atoms with van der Waals surface area (Å²) in [6.45, 7) is -2.81. The lowest BCUT2D eigenvalue weighted by Crippen LogP contribution is -2.31. The van der Waals surface area contributed by atoms with E-state index in [1.807, 2.05) is 0 Å². The van der Waals surface area contributed by atoms with Crippen molar-refractivity contribution in [2.45, 2.75) is 18.0 Å². The van der Waals surface area contributed by atoms with Crippen LogP contribution in [0.4, 0.5) is 30.7 Å². The molecule has 0 spiro atoms. The monoisotopic (exact) mass is 488 g/mol. The molecule has 0 N–H and O–H groups in total.